The van der Waals surface area contributed by atoms with E-state index in [0.29, 0.717) is 5.46 Å². The molecule has 0 amide bonds. The molecule has 0 aliphatic rings. The second-order valence-electron chi connectivity index (χ2n) is 2.01. The van der Waals surface area contributed by atoms with Gasteiger partial charge in [0.2, 0.25) is 0 Å². The Balaban J connectivity index is 3.04. The maximum Gasteiger partial charge on any atom is 0.304 e. The summed E-state index contributed by atoms with van der Waals surface area (Å²) in [5.74, 6) is -0.480. The number of hydrogen-bond acceptors (Lipinski definition) is 2. The molecule has 0 saturated heterocycles. The van der Waals surface area contributed by atoms with Gasteiger partial charge in [-0.1, -0.05) is 6.07 Å². The third-order valence-electron chi connectivity index (χ3n) is 1.25. The van der Waals surface area contributed by atoms with E-state index in [9.17, 15) is 4.39 Å². The molecule has 0 bridgehead atoms. The highest BCUT2D eigenvalue weighted by Crippen LogP contribution is 2.04. The normalized spacial score (nSPS) is 9.40. The molecule has 0 radical (unpaired) electrons. The van der Waals surface area contributed by atoms with E-state index in [-0.39, 0.29) is 13.2 Å². The lowest BCUT2D eigenvalue weighted by molar-refractivity contribution is 0.612. The molecule has 0 aliphatic heterocycles. The molecule has 1 aromatic rings. The maximum absolute atomic E-state index is 12.5. The second-order valence-corrected chi connectivity index (χ2v) is 2.01. The van der Waals surface area contributed by atoms with Crippen molar-refractivity contribution in [2.45, 2.75) is 0 Å². The predicted octanol–water partition coefficient (Wildman–Crippen LogP) is -0.623. The third-order valence-corrected chi connectivity index (χ3v) is 1.25. The lowest BCUT2D eigenvalue weighted by Crippen LogP contribution is -2.14. The van der Waals surface area contributed by atoms with Gasteiger partial charge in [-0.25, -0.2) is 4.39 Å². The first-order valence-electron chi connectivity index (χ1n) is 2.89. The zero-order chi connectivity index (χ0) is 7.56. The van der Waals surface area contributed by atoms with Crippen LogP contribution in [0.2, 0.25) is 0 Å². The number of rotatable bonds is 1. The number of halogens is 1. The average Bonchev–Trinajstić information content (AvgIpc) is 1.95. The zero-order valence-corrected chi connectivity index (χ0v) is 5.34. The fourth-order valence-corrected chi connectivity index (χ4v) is 0.669. The van der Waals surface area contributed by atoms with E-state index in [1.165, 1.54) is 12.1 Å². The van der Waals surface area contributed by atoms with Gasteiger partial charge in [0.15, 0.2) is 0 Å². The number of benzene rings is 1. The third kappa shape index (κ3) is 1.27. The highest BCUT2D eigenvalue weighted by molar-refractivity contribution is 6.45. The van der Waals surface area contributed by atoms with E-state index < -0.39 is 5.82 Å². The van der Waals surface area contributed by atoms with Crippen LogP contribution >= 0.6 is 0 Å². The van der Waals surface area contributed by atoms with Gasteiger partial charge in [0.1, 0.15) is 5.82 Å². The second kappa shape index (κ2) is 2.71. The number of anilines is 1. The lowest BCUT2D eigenvalue weighted by atomic mass is 9.89. The lowest BCUT2D eigenvalue weighted by Gasteiger charge is -1.96. The van der Waals surface area contributed by atoms with Crippen LogP contribution in [0.1, 0.15) is 0 Å². The van der Waals surface area contributed by atoms with Crippen LogP contribution in [0.15, 0.2) is 18.2 Å². The molecular weight excluding hydrogens is 132 g/mol. The number of nitrogens with two attached hydrogens (primary N) is 1. The molecule has 0 spiro atoms. The van der Waals surface area contributed by atoms with Gasteiger partial charge in [0.25, 0.3) is 0 Å². The van der Waals surface area contributed by atoms with Crippen molar-refractivity contribution in [2.75, 3.05) is 5.73 Å². The average molecular weight is 139 g/mol. The van der Waals surface area contributed by atoms with Gasteiger partial charge in [-0.15, -0.1) is 0 Å². The van der Waals surface area contributed by atoms with E-state index in [2.05, 4.69) is 0 Å². The maximum atomic E-state index is 12.5. The number of nitrogen functional groups attached to an aromatic ring is 1. The Hall–Kier alpha value is -1.03. The van der Waals surface area contributed by atoms with Crippen LogP contribution in [0, 0.1) is 5.82 Å². The summed E-state index contributed by atoms with van der Waals surface area (Å²) in [7, 11) is -0.156. The van der Waals surface area contributed by atoms with Crippen molar-refractivity contribution < 1.29 is 9.41 Å². The summed E-state index contributed by atoms with van der Waals surface area (Å²) in [6.07, 6.45) is 0. The van der Waals surface area contributed by atoms with Gasteiger partial charge < -0.3 is 10.8 Å². The summed E-state index contributed by atoms with van der Waals surface area (Å²) in [5.41, 5.74) is 5.83. The highest BCUT2D eigenvalue weighted by atomic mass is 19.1. The summed E-state index contributed by atoms with van der Waals surface area (Å²) in [6.45, 7) is 0. The van der Waals surface area contributed by atoms with Crippen LogP contribution in [0.3, 0.4) is 0 Å². The van der Waals surface area contributed by atoms with Gasteiger partial charge in [-0.05, 0) is 17.6 Å². The van der Waals surface area contributed by atoms with Crippen LogP contribution in [-0.2, 0) is 0 Å². The van der Waals surface area contributed by atoms with Crippen LogP contribution < -0.4 is 11.2 Å². The molecule has 0 atom stereocenters. The largest absolute Gasteiger partial charge is 0.449 e. The smallest absolute Gasteiger partial charge is 0.304 e. The Labute approximate surface area is 58.8 Å². The topological polar surface area (TPSA) is 46.2 Å². The molecular formula is C6H7BFNO. The van der Waals surface area contributed by atoms with Crippen LogP contribution in [0.25, 0.3) is 0 Å². The number of hydrogen-bond donors (Lipinski definition) is 2. The molecule has 4 heteroatoms. The minimum absolute atomic E-state index is 0.109. The summed E-state index contributed by atoms with van der Waals surface area (Å²) < 4.78 is 12.5. The van der Waals surface area contributed by atoms with E-state index in [1.54, 1.807) is 6.07 Å². The van der Waals surface area contributed by atoms with Gasteiger partial charge in [0.05, 0.1) is 5.69 Å². The Morgan fingerprint density at radius 1 is 1.50 bits per heavy atom. The van der Waals surface area contributed by atoms with Crippen molar-refractivity contribution in [3.63, 3.8) is 0 Å². The standard InChI is InChI=1S/C6H7BFNO/c8-5-3-4(7-10)1-2-6(5)9/h1-3,7,10H,9H2. The minimum atomic E-state index is -0.480. The molecule has 0 aliphatic carbocycles. The molecule has 10 heavy (non-hydrogen) atoms. The quantitative estimate of drug-likeness (QED) is 0.402. The molecule has 2 nitrogen and oxygen atoms in total. The Kier molecular flexibility index (Phi) is 1.92. The van der Waals surface area contributed by atoms with Crippen molar-refractivity contribution in [3.05, 3.63) is 24.0 Å². The van der Waals surface area contributed by atoms with Crippen molar-refractivity contribution in [2.24, 2.45) is 0 Å². The van der Waals surface area contributed by atoms with Gasteiger partial charge in [-0.2, -0.15) is 0 Å². The first-order chi connectivity index (χ1) is 4.74. The monoisotopic (exact) mass is 139 g/mol. The minimum Gasteiger partial charge on any atom is -0.449 e. The van der Waals surface area contributed by atoms with Crippen LogP contribution in [0.4, 0.5) is 10.1 Å². The van der Waals surface area contributed by atoms with Gasteiger partial charge in [-0.3, -0.25) is 0 Å². The van der Waals surface area contributed by atoms with Crippen molar-refractivity contribution >= 4 is 18.6 Å². The van der Waals surface area contributed by atoms with E-state index in [4.69, 9.17) is 10.8 Å². The van der Waals surface area contributed by atoms with E-state index in [0.717, 1.165) is 0 Å². The van der Waals surface area contributed by atoms with Crippen LogP contribution in [0.5, 0.6) is 0 Å². The summed E-state index contributed by atoms with van der Waals surface area (Å²) in [4.78, 5) is 0. The predicted molar refractivity (Wildman–Crippen MR) is 39.8 cm³/mol. The highest BCUT2D eigenvalue weighted by Gasteiger charge is 1.98. The fraction of sp³-hybridized carbons (Fsp3) is 0. The SMILES string of the molecule is Nc1ccc(BO)cc1F. The fourth-order valence-electron chi connectivity index (χ4n) is 0.669. The first-order valence-corrected chi connectivity index (χ1v) is 2.89. The van der Waals surface area contributed by atoms with Gasteiger partial charge >= 0.3 is 7.48 Å². The summed E-state index contributed by atoms with van der Waals surface area (Å²) in [5, 5.41) is 8.55. The molecule has 0 aromatic heterocycles. The summed E-state index contributed by atoms with van der Waals surface area (Å²) >= 11 is 0. The molecule has 52 valence electrons. The molecule has 1 rings (SSSR count). The van der Waals surface area contributed by atoms with Crippen LogP contribution in [-0.4, -0.2) is 12.5 Å². The first kappa shape index (κ1) is 7.09. The van der Waals surface area contributed by atoms with Crippen molar-refractivity contribution in [1.29, 1.82) is 0 Å². The van der Waals surface area contributed by atoms with E-state index in [1.807, 2.05) is 0 Å². The summed E-state index contributed by atoms with van der Waals surface area (Å²) in [6, 6.07) is 4.23. The van der Waals surface area contributed by atoms with Gasteiger partial charge in [0, 0.05) is 0 Å². The molecule has 0 saturated carbocycles. The molecule has 0 fully saturated rings. The molecule has 0 unspecified atom stereocenters. The Morgan fingerprint density at radius 2 is 2.20 bits per heavy atom. The molecule has 1 aromatic carbocycles. The zero-order valence-electron chi connectivity index (χ0n) is 5.34. The van der Waals surface area contributed by atoms with Crippen molar-refractivity contribution in [3.8, 4) is 0 Å². The van der Waals surface area contributed by atoms with E-state index >= 15 is 0 Å². The molecule has 3 N–H and O–H groups in total. The Bertz CT molecular complexity index is 241. The molecule has 0 heterocycles. The Morgan fingerprint density at radius 3 is 2.70 bits per heavy atom. The van der Waals surface area contributed by atoms with Crippen molar-refractivity contribution in [1.82, 2.24) is 0 Å².